The van der Waals surface area contributed by atoms with Crippen LogP contribution in [0.1, 0.15) is 28.0 Å². The van der Waals surface area contributed by atoms with Crippen molar-refractivity contribution in [1.82, 2.24) is 19.8 Å². The van der Waals surface area contributed by atoms with Crippen LogP contribution in [0.3, 0.4) is 0 Å². The van der Waals surface area contributed by atoms with Gasteiger partial charge in [0.1, 0.15) is 11.9 Å². The SMILES string of the molecule is CN(C)Cc1cnc(C2CN(C(=O)c3ccccc3Cl)CCO2)[nH]1. The topological polar surface area (TPSA) is 61.5 Å². The summed E-state index contributed by atoms with van der Waals surface area (Å²) in [6.45, 7) is 2.26. The summed E-state index contributed by atoms with van der Waals surface area (Å²) in [6.07, 6.45) is 1.56. The molecule has 1 fully saturated rings. The summed E-state index contributed by atoms with van der Waals surface area (Å²) < 4.78 is 5.79. The van der Waals surface area contributed by atoms with Gasteiger partial charge in [-0.15, -0.1) is 0 Å². The molecule has 2 aromatic rings. The highest BCUT2D eigenvalue weighted by atomic mass is 35.5. The summed E-state index contributed by atoms with van der Waals surface area (Å²) in [5, 5.41) is 0.469. The van der Waals surface area contributed by atoms with E-state index in [-0.39, 0.29) is 12.0 Å². The third-order valence-corrected chi connectivity index (χ3v) is 4.23. The number of carbonyl (C=O) groups excluding carboxylic acids is 1. The second-order valence-corrected chi connectivity index (χ2v) is 6.53. The number of aromatic amines is 1. The monoisotopic (exact) mass is 348 g/mol. The molecule has 7 heteroatoms. The summed E-state index contributed by atoms with van der Waals surface area (Å²) in [5.41, 5.74) is 1.54. The number of halogens is 1. The summed E-state index contributed by atoms with van der Waals surface area (Å²) in [6, 6.07) is 7.11. The lowest BCUT2D eigenvalue weighted by atomic mass is 10.1. The number of aromatic nitrogens is 2. The molecule has 0 saturated carbocycles. The second-order valence-electron chi connectivity index (χ2n) is 6.12. The van der Waals surface area contributed by atoms with E-state index in [2.05, 4.69) is 14.9 Å². The zero-order chi connectivity index (χ0) is 17.1. The van der Waals surface area contributed by atoms with Gasteiger partial charge < -0.3 is 19.5 Å². The molecule has 1 saturated heterocycles. The zero-order valence-electron chi connectivity index (χ0n) is 13.8. The Balaban J connectivity index is 1.71. The Hall–Kier alpha value is -1.89. The van der Waals surface area contributed by atoms with Crippen molar-refractivity contribution in [2.24, 2.45) is 0 Å². The van der Waals surface area contributed by atoms with E-state index in [1.807, 2.05) is 32.4 Å². The van der Waals surface area contributed by atoms with Crippen LogP contribution in [0.4, 0.5) is 0 Å². The Labute approximate surface area is 146 Å². The Kier molecular flexibility index (Phi) is 5.18. The number of hydrogen-bond acceptors (Lipinski definition) is 4. The largest absolute Gasteiger partial charge is 0.367 e. The Morgan fingerprint density at radius 3 is 3.00 bits per heavy atom. The lowest BCUT2D eigenvalue weighted by Crippen LogP contribution is -2.42. The van der Waals surface area contributed by atoms with Crippen molar-refractivity contribution in [3.63, 3.8) is 0 Å². The molecular weight excluding hydrogens is 328 g/mol. The fourth-order valence-electron chi connectivity index (χ4n) is 2.77. The third-order valence-electron chi connectivity index (χ3n) is 3.90. The number of rotatable bonds is 4. The van der Waals surface area contributed by atoms with E-state index in [9.17, 15) is 4.79 Å². The molecule has 2 heterocycles. The summed E-state index contributed by atoms with van der Waals surface area (Å²) in [5.74, 6) is 0.678. The molecule has 1 atom stereocenters. The van der Waals surface area contributed by atoms with Gasteiger partial charge in [0.25, 0.3) is 5.91 Å². The molecule has 1 amide bonds. The highest BCUT2D eigenvalue weighted by Gasteiger charge is 2.28. The normalized spacial score (nSPS) is 18.2. The van der Waals surface area contributed by atoms with Crippen LogP contribution >= 0.6 is 11.6 Å². The summed E-state index contributed by atoms with van der Waals surface area (Å²) in [4.78, 5) is 24.2. The van der Waals surface area contributed by atoms with Gasteiger partial charge in [-0.25, -0.2) is 4.98 Å². The average molecular weight is 349 g/mol. The van der Waals surface area contributed by atoms with Gasteiger partial charge in [-0.1, -0.05) is 23.7 Å². The molecule has 0 spiro atoms. The molecule has 1 N–H and O–H groups in total. The first-order valence-electron chi connectivity index (χ1n) is 7.88. The van der Waals surface area contributed by atoms with Crippen LogP contribution in [0.2, 0.25) is 5.02 Å². The molecular formula is C17H21ClN4O2. The molecule has 1 aromatic carbocycles. The number of ether oxygens (including phenoxy) is 1. The number of morpholine rings is 1. The molecule has 0 aliphatic carbocycles. The molecule has 0 radical (unpaired) electrons. The lowest BCUT2D eigenvalue weighted by Gasteiger charge is -2.32. The summed E-state index contributed by atoms with van der Waals surface area (Å²) in [7, 11) is 4.00. The highest BCUT2D eigenvalue weighted by Crippen LogP contribution is 2.23. The number of nitrogens with one attached hydrogen (secondary N) is 1. The van der Waals surface area contributed by atoms with Crippen LogP contribution in [-0.2, 0) is 11.3 Å². The Morgan fingerprint density at radius 2 is 2.25 bits per heavy atom. The van der Waals surface area contributed by atoms with E-state index in [1.165, 1.54) is 0 Å². The van der Waals surface area contributed by atoms with Crippen LogP contribution < -0.4 is 0 Å². The van der Waals surface area contributed by atoms with Crippen molar-refractivity contribution in [3.05, 3.63) is 52.6 Å². The number of benzene rings is 1. The first-order chi connectivity index (χ1) is 11.5. The van der Waals surface area contributed by atoms with Gasteiger partial charge in [0.05, 0.1) is 23.7 Å². The van der Waals surface area contributed by atoms with E-state index in [1.54, 1.807) is 17.0 Å². The molecule has 6 nitrogen and oxygen atoms in total. The molecule has 1 aromatic heterocycles. The van der Waals surface area contributed by atoms with Crippen molar-refractivity contribution >= 4 is 17.5 Å². The summed E-state index contributed by atoms with van der Waals surface area (Å²) >= 11 is 6.14. The zero-order valence-corrected chi connectivity index (χ0v) is 14.6. The first kappa shape index (κ1) is 17.0. The number of imidazole rings is 1. The molecule has 1 aliphatic rings. The number of nitrogens with zero attached hydrogens (tertiary/aromatic N) is 3. The van der Waals surface area contributed by atoms with Crippen LogP contribution in [0.15, 0.2) is 30.5 Å². The fourth-order valence-corrected chi connectivity index (χ4v) is 2.98. The lowest BCUT2D eigenvalue weighted by molar-refractivity contribution is -0.0265. The maximum absolute atomic E-state index is 12.7. The highest BCUT2D eigenvalue weighted by molar-refractivity contribution is 6.33. The number of hydrogen-bond donors (Lipinski definition) is 1. The van der Waals surface area contributed by atoms with Crippen LogP contribution in [-0.4, -0.2) is 59.5 Å². The maximum Gasteiger partial charge on any atom is 0.255 e. The van der Waals surface area contributed by atoms with Crippen molar-refractivity contribution in [1.29, 1.82) is 0 Å². The second kappa shape index (κ2) is 7.34. The minimum atomic E-state index is -0.249. The van der Waals surface area contributed by atoms with Gasteiger partial charge >= 0.3 is 0 Å². The van der Waals surface area contributed by atoms with Crippen LogP contribution in [0.5, 0.6) is 0 Å². The molecule has 1 unspecified atom stereocenters. The number of amides is 1. The number of H-pyrrole nitrogens is 1. The van der Waals surface area contributed by atoms with Gasteiger partial charge in [-0.2, -0.15) is 0 Å². The van der Waals surface area contributed by atoms with Gasteiger partial charge in [0, 0.05) is 25.0 Å². The van der Waals surface area contributed by atoms with Crippen molar-refractivity contribution in [3.8, 4) is 0 Å². The fraction of sp³-hybridized carbons (Fsp3) is 0.412. The predicted octanol–water partition coefficient (Wildman–Crippen LogP) is 2.34. The first-order valence-corrected chi connectivity index (χ1v) is 8.26. The van der Waals surface area contributed by atoms with Crippen molar-refractivity contribution in [2.45, 2.75) is 12.6 Å². The molecule has 128 valence electrons. The van der Waals surface area contributed by atoms with Gasteiger partial charge in [-0.05, 0) is 26.2 Å². The van der Waals surface area contributed by atoms with E-state index < -0.39 is 0 Å². The van der Waals surface area contributed by atoms with Crippen molar-refractivity contribution in [2.75, 3.05) is 33.8 Å². The average Bonchev–Trinajstić information content (AvgIpc) is 3.02. The Bertz CT molecular complexity index is 716. The Morgan fingerprint density at radius 1 is 1.46 bits per heavy atom. The molecule has 3 rings (SSSR count). The third kappa shape index (κ3) is 3.77. The molecule has 1 aliphatic heterocycles. The minimum absolute atomic E-state index is 0.0750. The minimum Gasteiger partial charge on any atom is -0.367 e. The van der Waals surface area contributed by atoms with E-state index in [0.717, 1.165) is 18.1 Å². The van der Waals surface area contributed by atoms with Crippen LogP contribution in [0, 0.1) is 0 Å². The number of carbonyl (C=O) groups is 1. The van der Waals surface area contributed by atoms with Crippen molar-refractivity contribution < 1.29 is 9.53 Å². The van der Waals surface area contributed by atoms with E-state index in [4.69, 9.17) is 16.3 Å². The van der Waals surface area contributed by atoms with E-state index in [0.29, 0.717) is 30.3 Å². The maximum atomic E-state index is 12.7. The predicted molar refractivity (Wildman–Crippen MR) is 92.0 cm³/mol. The van der Waals surface area contributed by atoms with E-state index >= 15 is 0 Å². The smallest absolute Gasteiger partial charge is 0.255 e. The van der Waals surface area contributed by atoms with Gasteiger partial charge in [0.15, 0.2) is 0 Å². The quantitative estimate of drug-likeness (QED) is 0.921. The molecule has 24 heavy (non-hydrogen) atoms. The van der Waals surface area contributed by atoms with Crippen LogP contribution in [0.25, 0.3) is 0 Å². The standard InChI is InChI=1S/C17H21ClN4O2/c1-21(2)10-12-9-19-16(20-12)15-11-22(7-8-24-15)17(23)13-5-3-4-6-14(13)18/h3-6,9,15H,7-8,10-11H2,1-2H3,(H,19,20). The van der Waals surface area contributed by atoms with Gasteiger partial charge in [0.2, 0.25) is 0 Å². The molecule has 0 bridgehead atoms. The van der Waals surface area contributed by atoms with Gasteiger partial charge in [-0.3, -0.25) is 4.79 Å².